The van der Waals surface area contributed by atoms with E-state index in [2.05, 4.69) is 62.8 Å². The highest BCUT2D eigenvalue weighted by Gasteiger charge is 2.40. The predicted molar refractivity (Wildman–Crippen MR) is 107 cm³/mol. The second-order valence-electron chi connectivity index (χ2n) is 7.92. The topological polar surface area (TPSA) is 20.2 Å². The molecule has 0 fully saturated rings. The van der Waals surface area contributed by atoms with Crippen LogP contribution in [-0.2, 0) is 0 Å². The molecule has 1 atom stereocenters. The Morgan fingerprint density at radius 2 is 1.64 bits per heavy atom. The molecule has 0 aliphatic heterocycles. The molecule has 0 aromatic carbocycles. The molecule has 0 saturated carbocycles. The maximum atomic E-state index is 10.5. The van der Waals surface area contributed by atoms with Gasteiger partial charge in [0.1, 0.15) is 0 Å². The van der Waals surface area contributed by atoms with Gasteiger partial charge < -0.3 is 5.11 Å². The lowest BCUT2D eigenvalue weighted by molar-refractivity contribution is 0.284. The van der Waals surface area contributed by atoms with Crippen molar-refractivity contribution in [1.29, 1.82) is 0 Å². The van der Waals surface area contributed by atoms with Crippen LogP contribution < -0.4 is 0 Å². The molecular formula is C19H37BrOSi. The summed E-state index contributed by atoms with van der Waals surface area (Å²) in [5, 5.41) is 10.7. The van der Waals surface area contributed by atoms with Crippen molar-refractivity contribution in [2.24, 2.45) is 0 Å². The van der Waals surface area contributed by atoms with Crippen LogP contribution in [0.5, 0.6) is 0 Å². The molecule has 0 aliphatic carbocycles. The molecule has 0 heterocycles. The third kappa shape index (κ3) is 8.69. The molecule has 0 spiro atoms. The van der Waals surface area contributed by atoms with Crippen molar-refractivity contribution in [3.63, 3.8) is 0 Å². The van der Waals surface area contributed by atoms with E-state index in [9.17, 15) is 5.11 Å². The van der Waals surface area contributed by atoms with Crippen LogP contribution in [0.15, 0.2) is 22.7 Å². The Balaban J connectivity index is 4.18. The fourth-order valence-electron chi connectivity index (χ4n) is 2.10. The molecule has 0 rings (SSSR count). The Bertz CT molecular complexity index is 353. The molecule has 0 aromatic heterocycles. The van der Waals surface area contributed by atoms with Gasteiger partial charge in [0.2, 0.25) is 0 Å². The van der Waals surface area contributed by atoms with E-state index in [0.717, 1.165) is 10.9 Å². The number of halogens is 1. The zero-order chi connectivity index (χ0) is 17.2. The van der Waals surface area contributed by atoms with Crippen molar-refractivity contribution >= 4 is 24.0 Å². The van der Waals surface area contributed by atoms with Crippen LogP contribution in [-0.4, -0.2) is 18.9 Å². The summed E-state index contributed by atoms with van der Waals surface area (Å²) >= 11 is 3.60. The van der Waals surface area contributed by atoms with Gasteiger partial charge in [0.05, 0.1) is 13.8 Å². The molecule has 0 saturated heterocycles. The minimum absolute atomic E-state index is 0.200. The van der Waals surface area contributed by atoms with Gasteiger partial charge in [0.25, 0.3) is 0 Å². The summed E-state index contributed by atoms with van der Waals surface area (Å²) in [6, 6.07) is 0. The summed E-state index contributed by atoms with van der Waals surface area (Å²) < 4.78 is 1.10. The number of unbranched alkanes of at least 4 members (excludes halogenated alkanes) is 6. The summed E-state index contributed by atoms with van der Waals surface area (Å²) in [6.45, 7) is 13.5. The molecule has 0 aromatic rings. The van der Waals surface area contributed by atoms with Gasteiger partial charge in [-0.1, -0.05) is 107 Å². The highest BCUT2D eigenvalue weighted by Crippen LogP contribution is 2.38. The van der Waals surface area contributed by atoms with Crippen LogP contribution in [0.3, 0.4) is 0 Å². The first-order valence-corrected chi connectivity index (χ1v) is 12.7. The minimum atomic E-state index is -1.71. The van der Waals surface area contributed by atoms with Crippen molar-refractivity contribution < 1.29 is 5.11 Å². The highest BCUT2D eigenvalue weighted by molar-refractivity contribution is 9.11. The summed E-state index contributed by atoms with van der Waals surface area (Å²) in [7, 11) is -1.71. The fraction of sp³-hybridized carbons (Fsp3) is 0.789. The number of aliphatic hydroxyl groups excluding tert-OH is 1. The molecule has 3 heteroatoms. The predicted octanol–water partition coefficient (Wildman–Crippen LogP) is 6.98. The summed E-state index contributed by atoms with van der Waals surface area (Å²) in [5.41, 5.74) is -0.303. The normalized spacial score (nSPS) is 15.5. The quantitative estimate of drug-likeness (QED) is 0.243. The fourth-order valence-corrected chi connectivity index (χ4v) is 3.95. The van der Waals surface area contributed by atoms with Gasteiger partial charge in [-0.25, -0.2) is 0 Å². The van der Waals surface area contributed by atoms with Gasteiger partial charge in [0, 0.05) is 4.48 Å². The molecule has 1 N–H and O–H groups in total. The van der Waals surface area contributed by atoms with E-state index in [1.807, 2.05) is 12.2 Å². The van der Waals surface area contributed by atoms with Crippen molar-refractivity contribution in [1.82, 2.24) is 0 Å². The largest absolute Gasteiger partial charge is 0.393 e. The van der Waals surface area contributed by atoms with Gasteiger partial charge in [-0.2, -0.15) is 0 Å². The van der Waals surface area contributed by atoms with Gasteiger partial charge in [-0.15, -0.1) is 0 Å². The molecule has 0 amide bonds. The van der Waals surface area contributed by atoms with E-state index >= 15 is 0 Å². The Labute approximate surface area is 148 Å². The lowest BCUT2D eigenvalue weighted by atomic mass is 10.1. The Morgan fingerprint density at radius 1 is 1.09 bits per heavy atom. The van der Waals surface area contributed by atoms with Crippen LogP contribution in [0.2, 0.25) is 18.1 Å². The maximum absolute atomic E-state index is 10.5. The Kier molecular flexibility index (Phi) is 10.9. The number of hydrogen-bond donors (Lipinski definition) is 1. The smallest absolute Gasteiger partial charge is 0.0914 e. The van der Waals surface area contributed by atoms with Crippen molar-refractivity contribution in [3.05, 3.63) is 22.7 Å². The van der Waals surface area contributed by atoms with Gasteiger partial charge in [-0.3, -0.25) is 0 Å². The van der Waals surface area contributed by atoms with Crippen molar-refractivity contribution in [2.75, 3.05) is 0 Å². The van der Waals surface area contributed by atoms with Crippen LogP contribution >= 0.6 is 15.9 Å². The van der Waals surface area contributed by atoms with E-state index in [1.165, 1.54) is 38.5 Å². The maximum Gasteiger partial charge on any atom is 0.0914 e. The molecule has 0 radical (unpaired) electrons. The average molecular weight is 389 g/mol. The summed E-state index contributed by atoms with van der Waals surface area (Å²) in [5.74, 6) is 0. The van der Waals surface area contributed by atoms with E-state index < -0.39 is 8.07 Å². The summed E-state index contributed by atoms with van der Waals surface area (Å²) in [6.07, 6.45) is 15.4. The molecule has 0 bridgehead atoms. The number of allylic oxidation sites excluding steroid dienone is 3. The minimum Gasteiger partial charge on any atom is -0.393 e. The second kappa shape index (κ2) is 10.8. The van der Waals surface area contributed by atoms with E-state index in [4.69, 9.17) is 0 Å². The van der Waals surface area contributed by atoms with Crippen LogP contribution in [0, 0.1) is 0 Å². The second-order valence-corrected chi connectivity index (χ2v) is 14.4. The molecule has 22 heavy (non-hydrogen) atoms. The standard InChI is InChI=1S/C19H37BrOSi/c1-7-8-9-10-11-12-13-14-17(20)15-16-18(21)22(5,6)19(2,3)4/h14-16,18,21H,7-13H2,1-6H3/b16-15+,17-14-/t18-/m1/s1. The van der Waals surface area contributed by atoms with Crippen LogP contribution in [0.1, 0.15) is 72.6 Å². The van der Waals surface area contributed by atoms with Crippen LogP contribution in [0.4, 0.5) is 0 Å². The van der Waals surface area contributed by atoms with Crippen molar-refractivity contribution in [3.8, 4) is 0 Å². The monoisotopic (exact) mass is 388 g/mol. The number of aliphatic hydroxyl groups is 1. The molecular weight excluding hydrogens is 352 g/mol. The molecule has 1 nitrogen and oxygen atoms in total. The van der Waals surface area contributed by atoms with Crippen LogP contribution in [0.25, 0.3) is 0 Å². The lowest BCUT2D eigenvalue weighted by Gasteiger charge is -2.39. The summed E-state index contributed by atoms with van der Waals surface area (Å²) in [4.78, 5) is 0. The average Bonchev–Trinajstić information content (AvgIpc) is 2.42. The first kappa shape index (κ1) is 22.1. The van der Waals surface area contributed by atoms with Gasteiger partial charge in [0.15, 0.2) is 0 Å². The molecule has 130 valence electrons. The Hall–Kier alpha value is 0.137. The molecule has 0 aliphatic rings. The van der Waals surface area contributed by atoms with E-state index in [0.29, 0.717) is 0 Å². The van der Waals surface area contributed by atoms with Crippen molar-refractivity contribution in [2.45, 2.75) is 96.5 Å². The lowest BCUT2D eigenvalue weighted by Crippen LogP contribution is -2.48. The Morgan fingerprint density at radius 3 is 2.18 bits per heavy atom. The first-order valence-electron chi connectivity index (χ1n) is 8.85. The van der Waals surface area contributed by atoms with E-state index in [-0.39, 0.29) is 10.8 Å². The number of rotatable bonds is 10. The first-order chi connectivity index (χ1) is 10.1. The molecule has 0 unspecified atom stereocenters. The SMILES string of the molecule is CCCCCCCC/C=C(Br)/C=C/[C@H](O)[Si](C)(C)C(C)(C)C. The highest BCUT2D eigenvalue weighted by atomic mass is 79.9. The third-order valence-corrected chi connectivity index (χ3v) is 11.1. The van der Waals surface area contributed by atoms with Gasteiger partial charge in [-0.05, 0) is 17.9 Å². The zero-order valence-electron chi connectivity index (χ0n) is 15.6. The van der Waals surface area contributed by atoms with E-state index in [1.54, 1.807) is 0 Å². The van der Waals surface area contributed by atoms with Gasteiger partial charge >= 0.3 is 0 Å². The third-order valence-electron chi connectivity index (χ3n) is 5.01. The number of hydrogen-bond acceptors (Lipinski definition) is 1. The zero-order valence-corrected chi connectivity index (χ0v) is 18.2.